The normalized spacial score (nSPS) is 10.4. The second-order valence-electron chi connectivity index (χ2n) is 5.65. The molecule has 2 aromatic carbocycles. The molecule has 0 aliphatic carbocycles. The summed E-state index contributed by atoms with van der Waals surface area (Å²) in [7, 11) is 0. The van der Waals surface area contributed by atoms with Gasteiger partial charge in [-0.1, -0.05) is 29.8 Å². The first kappa shape index (κ1) is 18.6. The van der Waals surface area contributed by atoms with E-state index in [1.807, 2.05) is 6.07 Å². The highest BCUT2D eigenvalue weighted by molar-refractivity contribution is 6.30. The van der Waals surface area contributed by atoms with Crippen molar-refractivity contribution in [1.82, 2.24) is 20.4 Å². The van der Waals surface area contributed by atoms with Crippen molar-refractivity contribution in [3.05, 3.63) is 82.9 Å². The van der Waals surface area contributed by atoms with Crippen LogP contribution in [-0.2, 0) is 0 Å². The van der Waals surface area contributed by atoms with Crippen LogP contribution in [0.5, 0.6) is 0 Å². The molecule has 1 aromatic heterocycles. The monoisotopic (exact) mass is 386 g/mol. The molecule has 1 heterocycles. The molecule has 0 aliphatic heterocycles. The van der Waals surface area contributed by atoms with E-state index < -0.39 is 11.7 Å². The quantitative estimate of drug-likeness (QED) is 0.639. The van der Waals surface area contributed by atoms with E-state index in [4.69, 9.17) is 11.6 Å². The summed E-state index contributed by atoms with van der Waals surface area (Å²) in [5, 5.41) is 9.93. The Bertz CT molecular complexity index is 974. The van der Waals surface area contributed by atoms with Gasteiger partial charge in [0.15, 0.2) is 0 Å². The zero-order chi connectivity index (χ0) is 19.2. The lowest BCUT2D eigenvalue weighted by molar-refractivity contribution is 0.0925. The van der Waals surface area contributed by atoms with Crippen LogP contribution in [0.2, 0.25) is 5.02 Å². The highest BCUT2D eigenvalue weighted by Crippen LogP contribution is 2.14. The van der Waals surface area contributed by atoms with Gasteiger partial charge in [-0.25, -0.2) is 9.07 Å². The Morgan fingerprint density at radius 1 is 1.04 bits per heavy atom. The number of nitrogens with one attached hydrogen (secondary N) is 2. The first-order valence-electron chi connectivity index (χ1n) is 8.16. The molecule has 8 heteroatoms. The van der Waals surface area contributed by atoms with Crippen LogP contribution in [0.25, 0.3) is 5.69 Å². The number of carbonyl (C=O) groups excluding carboxylic acids is 2. The minimum atomic E-state index is -0.590. The first-order valence-corrected chi connectivity index (χ1v) is 8.54. The van der Waals surface area contributed by atoms with Gasteiger partial charge in [0.1, 0.15) is 5.82 Å². The highest BCUT2D eigenvalue weighted by atomic mass is 35.5. The van der Waals surface area contributed by atoms with Crippen LogP contribution in [0.3, 0.4) is 0 Å². The van der Waals surface area contributed by atoms with E-state index in [1.165, 1.54) is 24.4 Å². The maximum Gasteiger partial charge on any atom is 0.254 e. The van der Waals surface area contributed by atoms with Gasteiger partial charge in [0.05, 0.1) is 23.0 Å². The molecule has 0 fully saturated rings. The van der Waals surface area contributed by atoms with Crippen LogP contribution < -0.4 is 10.6 Å². The van der Waals surface area contributed by atoms with Crippen molar-refractivity contribution < 1.29 is 14.0 Å². The number of benzene rings is 2. The van der Waals surface area contributed by atoms with Crippen molar-refractivity contribution in [2.45, 2.75) is 0 Å². The molecule has 0 aliphatic rings. The number of halogens is 2. The van der Waals surface area contributed by atoms with E-state index >= 15 is 0 Å². The molecule has 0 saturated carbocycles. The van der Waals surface area contributed by atoms with E-state index in [0.29, 0.717) is 10.6 Å². The van der Waals surface area contributed by atoms with Gasteiger partial charge in [0.2, 0.25) is 0 Å². The summed E-state index contributed by atoms with van der Waals surface area (Å²) in [5.74, 6) is -1.45. The van der Waals surface area contributed by atoms with Crippen molar-refractivity contribution in [2.24, 2.45) is 0 Å². The molecule has 138 valence electrons. The van der Waals surface area contributed by atoms with Gasteiger partial charge in [-0.3, -0.25) is 9.59 Å². The minimum absolute atomic E-state index is 0.0355. The van der Waals surface area contributed by atoms with E-state index in [-0.39, 0.29) is 24.6 Å². The second-order valence-corrected chi connectivity index (χ2v) is 6.08. The van der Waals surface area contributed by atoms with Gasteiger partial charge >= 0.3 is 0 Å². The fourth-order valence-electron chi connectivity index (χ4n) is 2.39. The molecule has 0 bridgehead atoms. The van der Waals surface area contributed by atoms with Crippen LogP contribution in [0.15, 0.2) is 60.9 Å². The van der Waals surface area contributed by atoms with Crippen LogP contribution in [0.4, 0.5) is 4.39 Å². The molecule has 0 saturated heterocycles. The van der Waals surface area contributed by atoms with E-state index in [1.54, 1.807) is 35.1 Å². The number of nitrogens with zero attached hydrogens (tertiary/aromatic N) is 2. The summed E-state index contributed by atoms with van der Waals surface area (Å²) in [6.07, 6.45) is 3.02. The molecule has 27 heavy (non-hydrogen) atoms. The Hall–Kier alpha value is -3.19. The number of hydrogen-bond donors (Lipinski definition) is 2. The molecule has 6 nitrogen and oxygen atoms in total. The first-order chi connectivity index (χ1) is 13.0. The predicted molar refractivity (Wildman–Crippen MR) is 99.6 cm³/mol. The molecule has 2 amide bonds. The van der Waals surface area contributed by atoms with Gasteiger partial charge in [0, 0.05) is 24.3 Å². The molecule has 0 unspecified atom stereocenters. The van der Waals surface area contributed by atoms with Gasteiger partial charge in [-0.15, -0.1) is 0 Å². The number of aromatic nitrogens is 2. The fourth-order valence-corrected chi connectivity index (χ4v) is 2.58. The number of hydrogen-bond acceptors (Lipinski definition) is 3. The standard InChI is InChI=1S/C19H16ClFN4O2/c20-14-4-3-5-15(10-14)25-12-13(11-24-25)18(26)22-8-9-23-19(27)16-6-1-2-7-17(16)21/h1-7,10-12H,8-9H2,(H,22,26)(H,23,27). The van der Waals surface area contributed by atoms with E-state index in [2.05, 4.69) is 15.7 Å². The molecule has 0 radical (unpaired) electrons. The maximum absolute atomic E-state index is 13.5. The third kappa shape index (κ3) is 4.71. The summed E-state index contributed by atoms with van der Waals surface area (Å²) in [4.78, 5) is 24.0. The molecular weight excluding hydrogens is 371 g/mol. The Morgan fingerprint density at radius 3 is 2.52 bits per heavy atom. The minimum Gasteiger partial charge on any atom is -0.350 e. The van der Waals surface area contributed by atoms with Crippen molar-refractivity contribution in [3.8, 4) is 5.69 Å². The van der Waals surface area contributed by atoms with Gasteiger partial charge in [-0.2, -0.15) is 5.10 Å². The van der Waals surface area contributed by atoms with Gasteiger partial charge in [0.25, 0.3) is 11.8 Å². The average molecular weight is 387 g/mol. The SMILES string of the molecule is O=C(NCCNC(=O)c1ccccc1F)c1cnn(-c2cccc(Cl)c2)c1. The Morgan fingerprint density at radius 2 is 1.78 bits per heavy atom. The largest absolute Gasteiger partial charge is 0.350 e. The zero-order valence-corrected chi connectivity index (χ0v) is 14.9. The lowest BCUT2D eigenvalue weighted by Gasteiger charge is -2.07. The fraction of sp³-hybridized carbons (Fsp3) is 0.105. The topological polar surface area (TPSA) is 76.0 Å². The van der Waals surface area contributed by atoms with Gasteiger partial charge < -0.3 is 10.6 Å². The molecule has 0 spiro atoms. The maximum atomic E-state index is 13.5. The Kier molecular flexibility index (Phi) is 5.83. The molecular formula is C19H16ClFN4O2. The van der Waals surface area contributed by atoms with Crippen molar-refractivity contribution >= 4 is 23.4 Å². The predicted octanol–water partition coefficient (Wildman–Crippen LogP) is 2.82. The summed E-state index contributed by atoms with van der Waals surface area (Å²) >= 11 is 5.95. The number of rotatable bonds is 6. The van der Waals surface area contributed by atoms with Crippen molar-refractivity contribution in [1.29, 1.82) is 0 Å². The van der Waals surface area contributed by atoms with Gasteiger partial charge in [-0.05, 0) is 30.3 Å². The van der Waals surface area contributed by atoms with Crippen LogP contribution in [0.1, 0.15) is 20.7 Å². The Balaban J connectivity index is 1.50. The summed E-state index contributed by atoms with van der Waals surface area (Å²) in [6.45, 7) is 0.364. The third-order valence-electron chi connectivity index (χ3n) is 3.73. The lowest BCUT2D eigenvalue weighted by Crippen LogP contribution is -2.34. The molecule has 3 aromatic rings. The second kappa shape index (κ2) is 8.46. The third-order valence-corrected chi connectivity index (χ3v) is 3.97. The van der Waals surface area contributed by atoms with Crippen LogP contribution >= 0.6 is 11.6 Å². The van der Waals surface area contributed by atoms with E-state index in [9.17, 15) is 14.0 Å². The molecule has 0 atom stereocenters. The van der Waals surface area contributed by atoms with Crippen molar-refractivity contribution in [3.63, 3.8) is 0 Å². The average Bonchev–Trinajstić information content (AvgIpc) is 3.15. The number of carbonyl (C=O) groups is 2. The van der Waals surface area contributed by atoms with E-state index in [0.717, 1.165) is 5.69 Å². The molecule has 2 N–H and O–H groups in total. The summed E-state index contributed by atoms with van der Waals surface area (Å²) < 4.78 is 15.1. The highest BCUT2D eigenvalue weighted by Gasteiger charge is 2.11. The number of amides is 2. The lowest BCUT2D eigenvalue weighted by atomic mass is 10.2. The van der Waals surface area contributed by atoms with Crippen molar-refractivity contribution in [2.75, 3.05) is 13.1 Å². The van der Waals surface area contributed by atoms with Crippen LogP contribution in [0, 0.1) is 5.82 Å². The van der Waals surface area contributed by atoms with Crippen LogP contribution in [-0.4, -0.2) is 34.7 Å². The summed E-state index contributed by atoms with van der Waals surface area (Å²) in [5.41, 5.74) is 1.07. The zero-order valence-electron chi connectivity index (χ0n) is 14.2. The summed E-state index contributed by atoms with van der Waals surface area (Å²) in [6, 6.07) is 12.8. The Labute approximate surface area is 160 Å². The molecule has 3 rings (SSSR count). The smallest absolute Gasteiger partial charge is 0.254 e.